The first-order valence-corrected chi connectivity index (χ1v) is 10.3. The number of anilines is 1. The molecule has 0 fully saturated rings. The zero-order valence-electron chi connectivity index (χ0n) is 14.2. The first-order valence-electron chi connectivity index (χ1n) is 7.46. The molecule has 0 aliphatic rings. The molecule has 0 saturated carbocycles. The number of amides is 1. The van der Waals surface area contributed by atoms with E-state index in [1.54, 1.807) is 6.26 Å². The summed E-state index contributed by atoms with van der Waals surface area (Å²) >= 11 is 1.17. The normalized spacial score (nSPS) is 11.9. The fourth-order valence-electron chi connectivity index (χ4n) is 2.25. The minimum absolute atomic E-state index is 0.248. The number of nitrogens with one attached hydrogen (secondary N) is 1. The number of nitrogens with zero attached hydrogens (tertiary/aromatic N) is 1. The number of thioether (sulfide) groups is 1. The minimum Gasteiger partial charge on any atom is -0.325 e. The number of nitro benzene ring substituents is 1. The van der Waals surface area contributed by atoms with Gasteiger partial charge in [-0.25, -0.2) is 8.42 Å². The fourth-order valence-corrected chi connectivity index (χ4v) is 3.98. The number of benzene rings is 2. The molecule has 0 aliphatic carbocycles. The Morgan fingerprint density at radius 3 is 2.46 bits per heavy atom. The van der Waals surface area contributed by atoms with Gasteiger partial charge in [-0.05, 0) is 36.6 Å². The summed E-state index contributed by atoms with van der Waals surface area (Å²) < 4.78 is 63.0. The van der Waals surface area contributed by atoms with E-state index in [1.165, 1.54) is 17.8 Å². The number of hydrogen-bond donors (Lipinski definition) is 1. The van der Waals surface area contributed by atoms with Crippen LogP contribution in [0.2, 0.25) is 0 Å². The zero-order valence-corrected chi connectivity index (χ0v) is 15.8. The molecule has 0 unspecified atom stereocenters. The smallest absolute Gasteiger partial charge is 0.325 e. The Bertz CT molecular complexity index is 1020. The van der Waals surface area contributed by atoms with Crippen molar-refractivity contribution in [1.82, 2.24) is 0 Å². The zero-order chi connectivity index (χ0) is 21.1. The number of hydrogen-bond acceptors (Lipinski definition) is 6. The molecule has 0 atom stereocenters. The van der Waals surface area contributed by atoms with Gasteiger partial charge in [-0.1, -0.05) is 6.07 Å². The first-order chi connectivity index (χ1) is 12.9. The molecule has 0 saturated heterocycles. The lowest BCUT2D eigenvalue weighted by molar-refractivity contribution is -0.388. The molecule has 2 aromatic carbocycles. The van der Waals surface area contributed by atoms with Crippen LogP contribution in [0.5, 0.6) is 0 Å². The third kappa shape index (κ3) is 5.23. The van der Waals surface area contributed by atoms with Crippen LogP contribution in [0.25, 0.3) is 0 Å². The first kappa shape index (κ1) is 21.7. The quantitative estimate of drug-likeness (QED) is 0.422. The molecule has 0 aliphatic heterocycles. The van der Waals surface area contributed by atoms with Gasteiger partial charge < -0.3 is 5.32 Å². The fraction of sp³-hybridized carbons (Fsp3) is 0.188. The monoisotopic (exact) mass is 434 g/mol. The van der Waals surface area contributed by atoms with Crippen LogP contribution in [0.15, 0.2) is 52.3 Å². The molecule has 0 radical (unpaired) electrons. The third-order valence-electron chi connectivity index (χ3n) is 3.49. The van der Waals surface area contributed by atoms with Crippen LogP contribution in [-0.4, -0.2) is 31.3 Å². The van der Waals surface area contributed by atoms with E-state index in [2.05, 4.69) is 5.32 Å². The molecule has 0 bridgehead atoms. The maximum absolute atomic E-state index is 12.7. The van der Waals surface area contributed by atoms with Crippen molar-refractivity contribution in [3.8, 4) is 0 Å². The summed E-state index contributed by atoms with van der Waals surface area (Å²) in [5.74, 6) is -2.29. The van der Waals surface area contributed by atoms with E-state index in [-0.39, 0.29) is 5.69 Å². The Kier molecular flexibility index (Phi) is 6.34. The van der Waals surface area contributed by atoms with Crippen molar-refractivity contribution < 1.29 is 31.3 Å². The predicted octanol–water partition coefficient (Wildman–Crippen LogP) is 3.75. The molecule has 28 heavy (non-hydrogen) atoms. The maximum atomic E-state index is 12.7. The van der Waals surface area contributed by atoms with E-state index in [4.69, 9.17) is 0 Å². The van der Waals surface area contributed by atoms with Crippen molar-refractivity contribution in [3.05, 3.63) is 58.1 Å². The van der Waals surface area contributed by atoms with Crippen molar-refractivity contribution in [1.29, 1.82) is 0 Å². The Morgan fingerprint density at radius 1 is 1.21 bits per heavy atom. The summed E-state index contributed by atoms with van der Waals surface area (Å²) in [6.45, 7) is 0. The largest absolute Gasteiger partial charge is 0.416 e. The Labute approximate surface area is 162 Å². The average molecular weight is 434 g/mol. The Morgan fingerprint density at radius 2 is 1.89 bits per heavy atom. The summed E-state index contributed by atoms with van der Waals surface area (Å²) in [6, 6.07) is 7.12. The number of nitro groups is 1. The van der Waals surface area contributed by atoms with Crippen molar-refractivity contribution in [2.75, 3.05) is 17.3 Å². The highest BCUT2D eigenvalue weighted by atomic mass is 32.2. The van der Waals surface area contributed by atoms with Crippen molar-refractivity contribution >= 4 is 38.9 Å². The van der Waals surface area contributed by atoms with Gasteiger partial charge in [0, 0.05) is 16.6 Å². The Balaban J connectivity index is 2.26. The minimum atomic E-state index is -4.63. The van der Waals surface area contributed by atoms with Gasteiger partial charge in [0.15, 0.2) is 9.84 Å². The molecular formula is C16H13F3N2O5S2. The molecule has 0 spiro atoms. The second kappa shape index (κ2) is 8.19. The topological polar surface area (TPSA) is 106 Å². The lowest BCUT2D eigenvalue weighted by Gasteiger charge is -2.10. The average Bonchev–Trinajstić information content (AvgIpc) is 2.60. The molecule has 1 N–H and O–H groups in total. The SMILES string of the molecule is CSc1ccc(S(=O)(=O)CC(=O)Nc2cccc(C(F)(F)F)c2)c([N+](=O)[O-])c1. The molecule has 150 valence electrons. The lowest BCUT2D eigenvalue weighted by atomic mass is 10.2. The summed E-state index contributed by atoms with van der Waals surface area (Å²) in [7, 11) is -4.40. The van der Waals surface area contributed by atoms with E-state index < -0.39 is 48.7 Å². The summed E-state index contributed by atoms with van der Waals surface area (Å²) in [5.41, 5.74) is -1.95. The highest BCUT2D eigenvalue weighted by Crippen LogP contribution is 2.31. The summed E-state index contributed by atoms with van der Waals surface area (Å²) in [4.78, 5) is 22.1. The number of alkyl halides is 3. The van der Waals surface area contributed by atoms with Crippen molar-refractivity contribution in [2.24, 2.45) is 0 Å². The van der Waals surface area contributed by atoms with Gasteiger partial charge in [0.1, 0.15) is 10.6 Å². The van der Waals surface area contributed by atoms with Crippen LogP contribution in [0.4, 0.5) is 24.5 Å². The highest BCUT2D eigenvalue weighted by molar-refractivity contribution is 7.98. The number of carbonyl (C=O) groups is 1. The molecule has 2 rings (SSSR count). The van der Waals surface area contributed by atoms with E-state index in [0.29, 0.717) is 11.0 Å². The van der Waals surface area contributed by atoms with Crippen LogP contribution in [0, 0.1) is 10.1 Å². The second-order valence-corrected chi connectivity index (χ2v) is 8.31. The van der Waals surface area contributed by atoms with Gasteiger partial charge in [-0.2, -0.15) is 13.2 Å². The van der Waals surface area contributed by atoms with E-state index in [0.717, 1.165) is 30.3 Å². The number of rotatable bonds is 6. The van der Waals surface area contributed by atoms with Crippen LogP contribution in [0.1, 0.15) is 5.56 Å². The second-order valence-electron chi connectivity index (χ2n) is 5.48. The van der Waals surface area contributed by atoms with Gasteiger partial charge in [0.2, 0.25) is 5.91 Å². The molecule has 0 heterocycles. The Hall–Kier alpha value is -2.60. The molecule has 12 heteroatoms. The van der Waals surface area contributed by atoms with Crippen LogP contribution < -0.4 is 5.32 Å². The predicted molar refractivity (Wildman–Crippen MR) is 97.0 cm³/mol. The highest BCUT2D eigenvalue weighted by Gasteiger charge is 2.31. The molecule has 7 nitrogen and oxygen atoms in total. The lowest BCUT2D eigenvalue weighted by Crippen LogP contribution is -2.23. The molecule has 1 amide bonds. The van der Waals surface area contributed by atoms with Crippen LogP contribution in [0.3, 0.4) is 0 Å². The summed E-state index contributed by atoms with van der Waals surface area (Å²) in [6.07, 6.45) is -2.98. The van der Waals surface area contributed by atoms with Gasteiger partial charge >= 0.3 is 6.18 Å². The van der Waals surface area contributed by atoms with Gasteiger partial charge in [0.25, 0.3) is 5.69 Å². The third-order valence-corrected chi connectivity index (χ3v) is 5.88. The standard InChI is InChI=1S/C16H13F3N2O5S2/c1-27-12-5-6-14(13(8-12)21(23)24)28(25,26)9-15(22)20-11-4-2-3-10(7-11)16(17,18)19/h2-8H,9H2,1H3,(H,20,22). The van der Waals surface area contributed by atoms with Gasteiger partial charge in [-0.15, -0.1) is 11.8 Å². The van der Waals surface area contributed by atoms with Crippen LogP contribution >= 0.6 is 11.8 Å². The van der Waals surface area contributed by atoms with Crippen molar-refractivity contribution in [2.45, 2.75) is 16.0 Å². The van der Waals surface area contributed by atoms with Gasteiger partial charge in [-0.3, -0.25) is 14.9 Å². The molecule has 2 aromatic rings. The maximum Gasteiger partial charge on any atom is 0.416 e. The van der Waals surface area contributed by atoms with E-state index in [1.807, 2.05) is 0 Å². The molecule has 0 aromatic heterocycles. The van der Waals surface area contributed by atoms with Crippen molar-refractivity contribution in [3.63, 3.8) is 0 Å². The number of carbonyl (C=O) groups excluding carboxylic acids is 1. The van der Waals surface area contributed by atoms with E-state index in [9.17, 15) is 36.5 Å². The number of sulfone groups is 1. The number of halogens is 3. The van der Waals surface area contributed by atoms with Crippen LogP contribution in [-0.2, 0) is 20.8 Å². The van der Waals surface area contributed by atoms with E-state index >= 15 is 0 Å². The summed E-state index contributed by atoms with van der Waals surface area (Å²) in [5, 5.41) is 13.2. The van der Waals surface area contributed by atoms with Gasteiger partial charge in [0.05, 0.1) is 10.5 Å². The molecular weight excluding hydrogens is 421 g/mol.